The number of aryl methyl sites for hydroxylation is 2. The summed E-state index contributed by atoms with van der Waals surface area (Å²) in [6.07, 6.45) is 1.58. The molecule has 1 heterocycles. The van der Waals surface area contributed by atoms with Crippen molar-refractivity contribution < 1.29 is 8.42 Å². The van der Waals surface area contributed by atoms with Gasteiger partial charge in [-0.3, -0.25) is 0 Å². The third-order valence-corrected chi connectivity index (χ3v) is 7.09. The van der Waals surface area contributed by atoms with Crippen LogP contribution in [-0.2, 0) is 23.0 Å². The molecule has 4 aromatic rings. The van der Waals surface area contributed by atoms with Crippen LogP contribution in [0, 0.1) is 6.92 Å². The Morgan fingerprint density at radius 1 is 0.903 bits per heavy atom. The number of nitrogens with zero attached hydrogens (tertiary/aromatic N) is 2. The molecule has 0 aliphatic carbocycles. The summed E-state index contributed by atoms with van der Waals surface area (Å²) in [6, 6.07) is 25.1. The topological polar surface area (TPSA) is 64.0 Å². The van der Waals surface area contributed by atoms with Gasteiger partial charge in [-0.2, -0.15) is 0 Å². The van der Waals surface area contributed by atoms with Gasteiger partial charge in [-0.15, -0.1) is 0 Å². The van der Waals surface area contributed by atoms with Gasteiger partial charge in [-0.1, -0.05) is 54.6 Å². The maximum absolute atomic E-state index is 12.8. The fourth-order valence-corrected chi connectivity index (χ4v) is 5.05. The summed E-state index contributed by atoms with van der Waals surface area (Å²) in [5.74, 6) is 0.937. The van der Waals surface area contributed by atoms with E-state index in [-0.39, 0.29) is 10.9 Å². The Morgan fingerprint density at radius 2 is 1.58 bits per heavy atom. The second-order valence-corrected chi connectivity index (χ2v) is 9.64. The van der Waals surface area contributed by atoms with Crippen molar-refractivity contribution in [3.63, 3.8) is 0 Å². The van der Waals surface area contributed by atoms with Crippen molar-refractivity contribution in [2.24, 2.45) is 0 Å². The molecule has 6 heteroatoms. The maximum atomic E-state index is 12.8. The maximum Gasteiger partial charge on any atom is 0.240 e. The van der Waals surface area contributed by atoms with Gasteiger partial charge >= 0.3 is 0 Å². The summed E-state index contributed by atoms with van der Waals surface area (Å²) in [6.45, 7) is 4.54. The van der Waals surface area contributed by atoms with E-state index in [9.17, 15) is 8.42 Å². The molecule has 0 bridgehead atoms. The number of rotatable bonds is 8. The molecule has 0 aliphatic heterocycles. The van der Waals surface area contributed by atoms with Gasteiger partial charge in [-0.05, 0) is 62.1 Å². The zero-order valence-electron chi connectivity index (χ0n) is 17.8. The van der Waals surface area contributed by atoms with Crippen LogP contribution in [0.25, 0.3) is 11.0 Å². The van der Waals surface area contributed by atoms with Crippen LogP contribution in [0.1, 0.15) is 30.3 Å². The van der Waals surface area contributed by atoms with E-state index in [1.165, 1.54) is 5.56 Å². The molecule has 1 unspecified atom stereocenters. The Balaban J connectivity index is 1.42. The SMILES string of the molecule is Cc1nc2ccccc2n1Cc1ccc(S(=O)(=O)NC(C)CCc2ccccc2)cc1. The number of imidazole rings is 1. The molecule has 0 spiro atoms. The number of fused-ring (bicyclic) bond motifs is 1. The Hall–Kier alpha value is -2.96. The van der Waals surface area contributed by atoms with Crippen LogP contribution in [0.4, 0.5) is 0 Å². The summed E-state index contributed by atoms with van der Waals surface area (Å²) in [4.78, 5) is 4.88. The average molecular weight is 434 g/mol. The quantitative estimate of drug-likeness (QED) is 0.438. The lowest BCUT2D eigenvalue weighted by molar-refractivity contribution is 0.547. The van der Waals surface area contributed by atoms with Crippen molar-refractivity contribution >= 4 is 21.1 Å². The predicted molar refractivity (Wildman–Crippen MR) is 125 cm³/mol. The summed E-state index contributed by atoms with van der Waals surface area (Å²) in [5.41, 5.74) is 4.28. The highest BCUT2D eigenvalue weighted by molar-refractivity contribution is 7.89. The van der Waals surface area contributed by atoms with E-state index in [0.29, 0.717) is 6.54 Å². The molecular formula is C25H27N3O2S. The highest BCUT2D eigenvalue weighted by atomic mass is 32.2. The number of hydrogen-bond donors (Lipinski definition) is 1. The average Bonchev–Trinajstić information content (AvgIpc) is 3.08. The van der Waals surface area contributed by atoms with Crippen LogP contribution < -0.4 is 4.72 Å². The molecule has 0 fully saturated rings. The number of benzene rings is 3. The highest BCUT2D eigenvalue weighted by Gasteiger charge is 2.17. The molecule has 0 amide bonds. The Kier molecular flexibility index (Phi) is 6.20. The van der Waals surface area contributed by atoms with Gasteiger partial charge in [0.05, 0.1) is 15.9 Å². The summed E-state index contributed by atoms with van der Waals surface area (Å²) >= 11 is 0. The van der Waals surface area contributed by atoms with Crippen molar-refractivity contribution in [3.8, 4) is 0 Å². The first-order valence-electron chi connectivity index (χ1n) is 10.5. The summed E-state index contributed by atoms with van der Waals surface area (Å²) in [5, 5.41) is 0. The lowest BCUT2D eigenvalue weighted by Gasteiger charge is -2.15. The Bertz CT molecular complexity index is 1260. The lowest BCUT2D eigenvalue weighted by Crippen LogP contribution is -2.32. The molecule has 0 radical (unpaired) electrons. The zero-order chi connectivity index (χ0) is 21.8. The van der Waals surface area contributed by atoms with Crippen LogP contribution >= 0.6 is 0 Å². The standard InChI is InChI=1S/C25H27N3O2S/c1-19(12-13-21-8-4-3-5-9-21)27-31(29,30)23-16-14-22(15-17-23)18-28-20(2)26-24-10-6-7-11-25(24)28/h3-11,14-17,19,27H,12-13,18H2,1-2H3. The van der Waals surface area contributed by atoms with Gasteiger partial charge in [0.1, 0.15) is 5.82 Å². The number of sulfonamides is 1. The van der Waals surface area contributed by atoms with Crippen molar-refractivity contribution in [3.05, 3.63) is 95.8 Å². The molecule has 1 aromatic heterocycles. The van der Waals surface area contributed by atoms with E-state index in [1.54, 1.807) is 12.1 Å². The van der Waals surface area contributed by atoms with Gasteiger partial charge < -0.3 is 4.57 Å². The van der Waals surface area contributed by atoms with E-state index < -0.39 is 10.0 Å². The molecule has 160 valence electrons. The molecule has 0 saturated carbocycles. The first-order valence-corrected chi connectivity index (χ1v) is 12.0. The van der Waals surface area contributed by atoms with Crippen molar-refractivity contribution in [2.75, 3.05) is 0 Å². The Morgan fingerprint density at radius 3 is 2.32 bits per heavy atom. The monoisotopic (exact) mass is 433 g/mol. The number of para-hydroxylation sites is 2. The van der Waals surface area contributed by atoms with Gasteiger partial charge in [0.15, 0.2) is 0 Å². The van der Waals surface area contributed by atoms with Gasteiger partial charge in [0.25, 0.3) is 0 Å². The number of hydrogen-bond acceptors (Lipinski definition) is 3. The van der Waals surface area contributed by atoms with E-state index in [0.717, 1.165) is 35.3 Å². The van der Waals surface area contributed by atoms with E-state index >= 15 is 0 Å². The fraction of sp³-hybridized carbons (Fsp3) is 0.240. The number of aromatic nitrogens is 2. The number of nitrogens with one attached hydrogen (secondary N) is 1. The van der Waals surface area contributed by atoms with Crippen molar-refractivity contribution in [1.82, 2.24) is 14.3 Å². The molecule has 1 atom stereocenters. The minimum Gasteiger partial charge on any atom is -0.324 e. The predicted octanol–water partition coefficient (Wildman–Crippen LogP) is 4.69. The molecule has 3 aromatic carbocycles. The third-order valence-electron chi connectivity index (χ3n) is 5.48. The van der Waals surface area contributed by atoms with Gasteiger partial charge in [0, 0.05) is 12.6 Å². The first-order chi connectivity index (χ1) is 14.9. The molecule has 5 nitrogen and oxygen atoms in total. The van der Waals surface area contributed by atoms with Gasteiger partial charge in [-0.25, -0.2) is 18.1 Å². The highest BCUT2D eigenvalue weighted by Crippen LogP contribution is 2.19. The summed E-state index contributed by atoms with van der Waals surface area (Å²) in [7, 11) is -3.55. The first kappa shape index (κ1) is 21.3. The fourth-order valence-electron chi connectivity index (χ4n) is 3.77. The summed E-state index contributed by atoms with van der Waals surface area (Å²) < 4.78 is 30.5. The minimum absolute atomic E-state index is 0.148. The van der Waals surface area contributed by atoms with E-state index in [2.05, 4.69) is 32.5 Å². The molecular weight excluding hydrogens is 406 g/mol. The van der Waals surface area contributed by atoms with Crippen LogP contribution in [-0.4, -0.2) is 24.0 Å². The van der Waals surface area contributed by atoms with E-state index in [1.807, 2.05) is 62.4 Å². The minimum atomic E-state index is -3.55. The van der Waals surface area contributed by atoms with Crippen molar-refractivity contribution in [2.45, 2.75) is 44.2 Å². The van der Waals surface area contributed by atoms with Crippen LogP contribution in [0.2, 0.25) is 0 Å². The molecule has 0 saturated heterocycles. The smallest absolute Gasteiger partial charge is 0.240 e. The zero-order valence-corrected chi connectivity index (χ0v) is 18.6. The molecule has 4 rings (SSSR count). The normalized spacial score (nSPS) is 12.8. The Labute approximate surface area is 183 Å². The largest absolute Gasteiger partial charge is 0.324 e. The lowest BCUT2D eigenvalue weighted by atomic mass is 10.1. The molecule has 1 N–H and O–H groups in total. The molecule has 31 heavy (non-hydrogen) atoms. The van der Waals surface area contributed by atoms with Crippen LogP contribution in [0.5, 0.6) is 0 Å². The van der Waals surface area contributed by atoms with Crippen molar-refractivity contribution in [1.29, 1.82) is 0 Å². The molecule has 0 aliphatic rings. The van der Waals surface area contributed by atoms with Crippen LogP contribution in [0.15, 0.2) is 83.8 Å². The third kappa shape index (κ3) is 5.03. The second-order valence-electron chi connectivity index (χ2n) is 7.92. The van der Waals surface area contributed by atoms with Crippen LogP contribution in [0.3, 0.4) is 0 Å². The van der Waals surface area contributed by atoms with Gasteiger partial charge in [0.2, 0.25) is 10.0 Å². The second kappa shape index (κ2) is 9.04. The van der Waals surface area contributed by atoms with E-state index in [4.69, 9.17) is 0 Å².